The first-order valence-corrected chi connectivity index (χ1v) is 6.01. The van der Waals surface area contributed by atoms with Gasteiger partial charge in [0.05, 0.1) is 11.4 Å². The second-order valence-corrected chi connectivity index (χ2v) is 4.08. The Balaban J connectivity index is 3.10. The molecule has 0 spiro atoms. The van der Waals surface area contributed by atoms with Crippen LogP contribution in [0.25, 0.3) is 0 Å². The van der Waals surface area contributed by atoms with E-state index in [2.05, 4.69) is 24.0 Å². The predicted molar refractivity (Wildman–Crippen MR) is 64.5 cm³/mol. The zero-order valence-electron chi connectivity index (χ0n) is 10.6. The van der Waals surface area contributed by atoms with Crippen molar-refractivity contribution < 1.29 is 4.79 Å². The molecule has 0 unspecified atom stereocenters. The minimum absolute atomic E-state index is 0.119. The van der Waals surface area contributed by atoms with Crippen LogP contribution in [0.2, 0.25) is 0 Å². The van der Waals surface area contributed by atoms with E-state index in [9.17, 15) is 4.79 Å². The van der Waals surface area contributed by atoms with Crippen molar-refractivity contribution in [3.63, 3.8) is 0 Å². The number of ketones is 1. The number of rotatable bonds is 5. The molecule has 16 heavy (non-hydrogen) atoms. The predicted octanol–water partition coefficient (Wildman–Crippen LogP) is 2.97. The second kappa shape index (κ2) is 5.73. The SMILES string of the molecule is CCc1nnc(C)cc1C(=O)C(CC)CC. The largest absolute Gasteiger partial charge is 0.294 e. The van der Waals surface area contributed by atoms with E-state index in [0.717, 1.165) is 36.2 Å². The summed E-state index contributed by atoms with van der Waals surface area (Å²) in [6.07, 6.45) is 2.54. The highest BCUT2D eigenvalue weighted by Gasteiger charge is 2.20. The van der Waals surface area contributed by atoms with E-state index in [-0.39, 0.29) is 11.7 Å². The molecule has 1 rings (SSSR count). The number of Topliss-reactive ketones (excluding diaryl/α,β-unsaturated/α-hetero) is 1. The molecule has 0 aliphatic rings. The lowest BCUT2D eigenvalue weighted by Crippen LogP contribution is -2.16. The minimum atomic E-state index is 0.119. The standard InChI is InChI=1S/C13H20N2O/c1-5-10(6-2)13(16)11-8-9(4)14-15-12(11)7-3/h8,10H,5-7H2,1-4H3. The van der Waals surface area contributed by atoms with Gasteiger partial charge in [0.15, 0.2) is 5.78 Å². The summed E-state index contributed by atoms with van der Waals surface area (Å²) in [7, 11) is 0. The van der Waals surface area contributed by atoms with Gasteiger partial charge in [0.25, 0.3) is 0 Å². The van der Waals surface area contributed by atoms with Crippen molar-refractivity contribution in [3.05, 3.63) is 23.0 Å². The van der Waals surface area contributed by atoms with Gasteiger partial charge in [-0.15, -0.1) is 0 Å². The Hall–Kier alpha value is -1.25. The maximum absolute atomic E-state index is 12.3. The van der Waals surface area contributed by atoms with E-state index in [0.29, 0.717) is 0 Å². The molecule has 0 fully saturated rings. The van der Waals surface area contributed by atoms with Crippen molar-refractivity contribution >= 4 is 5.78 Å². The Kier molecular flexibility index (Phi) is 4.59. The number of aromatic nitrogens is 2. The maximum Gasteiger partial charge on any atom is 0.167 e. The first-order chi connectivity index (χ1) is 7.63. The third-order valence-electron chi connectivity index (χ3n) is 2.95. The van der Waals surface area contributed by atoms with Gasteiger partial charge in [0.1, 0.15) is 0 Å². The number of hydrogen-bond donors (Lipinski definition) is 0. The lowest BCUT2D eigenvalue weighted by molar-refractivity contribution is 0.0911. The minimum Gasteiger partial charge on any atom is -0.294 e. The van der Waals surface area contributed by atoms with Gasteiger partial charge in [-0.3, -0.25) is 4.79 Å². The summed E-state index contributed by atoms with van der Waals surface area (Å²) in [4.78, 5) is 12.3. The van der Waals surface area contributed by atoms with Crippen LogP contribution >= 0.6 is 0 Å². The summed E-state index contributed by atoms with van der Waals surface area (Å²) in [5.41, 5.74) is 2.40. The highest BCUT2D eigenvalue weighted by Crippen LogP contribution is 2.18. The first kappa shape index (κ1) is 12.8. The lowest BCUT2D eigenvalue weighted by atomic mass is 9.92. The van der Waals surface area contributed by atoms with Crippen molar-refractivity contribution in [2.45, 2.75) is 47.0 Å². The number of carbonyl (C=O) groups excluding carboxylic acids is 1. The van der Waals surface area contributed by atoms with Gasteiger partial charge < -0.3 is 0 Å². The Morgan fingerprint density at radius 2 is 1.88 bits per heavy atom. The fourth-order valence-electron chi connectivity index (χ4n) is 1.87. The van der Waals surface area contributed by atoms with Crippen LogP contribution in [0.5, 0.6) is 0 Å². The molecule has 88 valence electrons. The van der Waals surface area contributed by atoms with Gasteiger partial charge in [-0.05, 0) is 32.3 Å². The normalized spacial score (nSPS) is 10.8. The first-order valence-electron chi connectivity index (χ1n) is 6.01. The molecule has 0 bridgehead atoms. The van der Waals surface area contributed by atoms with Crippen LogP contribution in [-0.2, 0) is 6.42 Å². The van der Waals surface area contributed by atoms with Gasteiger partial charge in [-0.1, -0.05) is 20.8 Å². The van der Waals surface area contributed by atoms with Crippen LogP contribution in [0.1, 0.15) is 55.4 Å². The molecular weight excluding hydrogens is 200 g/mol. The summed E-state index contributed by atoms with van der Waals surface area (Å²) in [6, 6.07) is 1.87. The van der Waals surface area contributed by atoms with Gasteiger partial charge in [0, 0.05) is 11.5 Å². The molecule has 0 aliphatic carbocycles. The molecule has 3 heteroatoms. The van der Waals surface area contributed by atoms with E-state index in [4.69, 9.17) is 0 Å². The van der Waals surface area contributed by atoms with Crippen molar-refractivity contribution in [1.82, 2.24) is 10.2 Å². The summed E-state index contributed by atoms with van der Waals surface area (Å²) in [5.74, 6) is 0.341. The highest BCUT2D eigenvalue weighted by atomic mass is 16.1. The summed E-state index contributed by atoms with van der Waals surface area (Å²) < 4.78 is 0. The van der Waals surface area contributed by atoms with Gasteiger partial charge >= 0.3 is 0 Å². The Morgan fingerprint density at radius 3 is 2.38 bits per heavy atom. The van der Waals surface area contributed by atoms with Crippen LogP contribution in [0, 0.1) is 12.8 Å². The zero-order valence-corrected chi connectivity index (χ0v) is 10.6. The molecule has 3 nitrogen and oxygen atoms in total. The van der Waals surface area contributed by atoms with E-state index in [1.807, 2.05) is 19.9 Å². The van der Waals surface area contributed by atoms with Crippen molar-refractivity contribution in [1.29, 1.82) is 0 Å². The summed E-state index contributed by atoms with van der Waals surface area (Å²) >= 11 is 0. The van der Waals surface area contributed by atoms with E-state index < -0.39 is 0 Å². The lowest BCUT2D eigenvalue weighted by Gasteiger charge is -2.13. The van der Waals surface area contributed by atoms with Crippen molar-refractivity contribution in [2.75, 3.05) is 0 Å². The monoisotopic (exact) mass is 220 g/mol. The average molecular weight is 220 g/mol. The fraction of sp³-hybridized carbons (Fsp3) is 0.615. The fourth-order valence-corrected chi connectivity index (χ4v) is 1.87. The molecule has 0 amide bonds. The number of nitrogens with zero attached hydrogens (tertiary/aromatic N) is 2. The molecule has 0 aliphatic heterocycles. The van der Waals surface area contributed by atoms with Crippen LogP contribution in [-0.4, -0.2) is 16.0 Å². The Labute approximate surface area is 97.3 Å². The number of aryl methyl sites for hydroxylation is 2. The molecule has 1 aromatic heterocycles. The van der Waals surface area contributed by atoms with E-state index >= 15 is 0 Å². The third kappa shape index (κ3) is 2.65. The average Bonchev–Trinajstić information content (AvgIpc) is 2.30. The number of carbonyl (C=O) groups is 1. The molecule has 0 radical (unpaired) electrons. The molecule has 1 heterocycles. The molecule has 0 atom stereocenters. The van der Waals surface area contributed by atoms with Gasteiger partial charge in [-0.2, -0.15) is 10.2 Å². The number of hydrogen-bond acceptors (Lipinski definition) is 3. The topological polar surface area (TPSA) is 42.9 Å². The van der Waals surface area contributed by atoms with Crippen LogP contribution in [0.4, 0.5) is 0 Å². The molecule has 1 aromatic rings. The summed E-state index contributed by atoms with van der Waals surface area (Å²) in [5, 5.41) is 8.10. The van der Waals surface area contributed by atoms with Gasteiger partial charge in [0.2, 0.25) is 0 Å². The quantitative estimate of drug-likeness (QED) is 0.716. The summed E-state index contributed by atoms with van der Waals surface area (Å²) in [6.45, 7) is 7.98. The molecule has 0 saturated heterocycles. The molecule has 0 N–H and O–H groups in total. The van der Waals surface area contributed by atoms with Gasteiger partial charge in [-0.25, -0.2) is 0 Å². The third-order valence-corrected chi connectivity index (χ3v) is 2.95. The van der Waals surface area contributed by atoms with Crippen molar-refractivity contribution in [2.24, 2.45) is 5.92 Å². The van der Waals surface area contributed by atoms with E-state index in [1.54, 1.807) is 0 Å². The molecule has 0 aromatic carbocycles. The molecular formula is C13H20N2O. The van der Waals surface area contributed by atoms with Crippen LogP contribution < -0.4 is 0 Å². The maximum atomic E-state index is 12.3. The smallest absolute Gasteiger partial charge is 0.167 e. The second-order valence-electron chi connectivity index (χ2n) is 4.08. The zero-order chi connectivity index (χ0) is 12.1. The highest BCUT2D eigenvalue weighted by molar-refractivity contribution is 5.98. The Morgan fingerprint density at radius 1 is 1.25 bits per heavy atom. The van der Waals surface area contributed by atoms with Crippen LogP contribution in [0.15, 0.2) is 6.07 Å². The van der Waals surface area contributed by atoms with Crippen LogP contribution in [0.3, 0.4) is 0 Å². The van der Waals surface area contributed by atoms with E-state index in [1.165, 1.54) is 0 Å². The van der Waals surface area contributed by atoms with Crippen molar-refractivity contribution in [3.8, 4) is 0 Å². The Bertz CT molecular complexity index is 370. The molecule has 0 saturated carbocycles.